The zero-order chi connectivity index (χ0) is 30.0. The van der Waals surface area contributed by atoms with Crippen molar-refractivity contribution in [3.8, 4) is 5.75 Å². The maximum atomic E-state index is 14.2. The molecule has 0 spiro atoms. The monoisotopic (exact) mass is 579 g/mol. The van der Waals surface area contributed by atoms with Crippen LogP contribution in [-0.4, -0.2) is 56.6 Å². The molecule has 3 aromatic rings. The minimum atomic E-state index is -3.89. The number of aryl methyl sites for hydroxylation is 1. The number of carbonyl (C=O) groups excluding carboxylic acids is 2. The number of sulfonamides is 1. The van der Waals surface area contributed by atoms with Crippen molar-refractivity contribution < 1.29 is 22.7 Å². The molecule has 0 fully saturated rings. The fraction of sp³-hybridized carbons (Fsp3) is 0.375. The van der Waals surface area contributed by atoms with Gasteiger partial charge in [-0.05, 0) is 56.0 Å². The molecule has 0 aliphatic carbocycles. The van der Waals surface area contributed by atoms with Gasteiger partial charge in [0.1, 0.15) is 18.3 Å². The molecule has 0 aliphatic heterocycles. The molecule has 9 heteroatoms. The standard InChI is InChI=1S/C32H41N3O5S/c1-6-25(4)33-32(37)29(21-26-16-9-8-10-17-26)34(22-27-18-12-11-15-24(27)3)31(36)23-35(41(5,38)39)28-19-13-14-20-30(28)40-7-2/h8-20,25,29H,6-7,21-23H2,1-5H3,(H,33,37)/t25-,29-/m1/s1. The molecule has 8 nitrogen and oxygen atoms in total. The van der Waals surface area contributed by atoms with Crippen molar-refractivity contribution >= 4 is 27.5 Å². The maximum absolute atomic E-state index is 14.2. The molecule has 1 N–H and O–H groups in total. The van der Waals surface area contributed by atoms with E-state index >= 15 is 0 Å². The topological polar surface area (TPSA) is 96.0 Å². The van der Waals surface area contributed by atoms with Crippen molar-refractivity contribution in [1.82, 2.24) is 10.2 Å². The number of para-hydroxylation sites is 2. The Morgan fingerprint density at radius 2 is 1.56 bits per heavy atom. The summed E-state index contributed by atoms with van der Waals surface area (Å²) in [5.41, 5.74) is 2.99. The van der Waals surface area contributed by atoms with Crippen molar-refractivity contribution in [2.45, 2.75) is 59.2 Å². The molecule has 0 saturated heterocycles. The zero-order valence-electron chi connectivity index (χ0n) is 24.5. The van der Waals surface area contributed by atoms with Crippen LogP contribution >= 0.6 is 0 Å². The number of carbonyl (C=O) groups is 2. The number of ether oxygens (including phenoxy) is 1. The summed E-state index contributed by atoms with van der Waals surface area (Å²) >= 11 is 0. The van der Waals surface area contributed by atoms with E-state index in [4.69, 9.17) is 4.74 Å². The quantitative estimate of drug-likeness (QED) is 0.298. The highest BCUT2D eigenvalue weighted by atomic mass is 32.2. The number of anilines is 1. The van der Waals surface area contributed by atoms with Crippen LogP contribution < -0.4 is 14.4 Å². The van der Waals surface area contributed by atoms with Gasteiger partial charge in [-0.15, -0.1) is 0 Å². The highest BCUT2D eigenvalue weighted by Gasteiger charge is 2.34. The van der Waals surface area contributed by atoms with Gasteiger partial charge in [0.15, 0.2) is 0 Å². The lowest BCUT2D eigenvalue weighted by atomic mass is 10.0. The number of nitrogens with zero attached hydrogens (tertiary/aromatic N) is 2. The van der Waals surface area contributed by atoms with E-state index in [9.17, 15) is 18.0 Å². The second-order valence-electron chi connectivity index (χ2n) is 10.1. The number of benzene rings is 3. The molecular weight excluding hydrogens is 538 g/mol. The first kappa shape index (κ1) is 31.7. The lowest BCUT2D eigenvalue weighted by Gasteiger charge is -2.34. The normalized spacial score (nSPS) is 12.7. The van der Waals surface area contributed by atoms with Gasteiger partial charge in [0.25, 0.3) is 0 Å². The first-order valence-corrected chi connectivity index (χ1v) is 15.8. The predicted octanol–water partition coefficient (Wildman–Crippen LogP) is 4.71. The number of nitrogens with one attached hydrogen (secondary N) is 1. The highest BCUT2D eigenvalue weighted by molar-refractivity contribution is 7.92. The molecular formula is C32H41N3O5S. The first-order chi connectivity index (χ1) is 19.5. The lowest BCUT2D eigenvalue weighted by molar-refractivity contribution is -0.140. The molecule has 0 bridgehead atoms. The summed E-state index contributed by atoms with van der Waals surface area (Å²) in [7, 11) is -3.89. The molecule has 0 unspecified atom stereocenters. The van der Waals surface area contributed by atoms with Crippen LogP contribution in [0.15, 0.2) is 78.9 Å². The largest absolute Gasteiger partial charge is 0.492 e. The number of hydrogen-bond acceptors (Lipinski definition) is 5. The van der Waals surface area contributed by atoms with Crippen LogP contribution in [0.3, 0.4) is 0 Å². The van der Waals surface area contributed by atoms with E-state index in [2.05, 4.69) is 5.32 Å². The van der Waals surface area contributed by atoms with Gasteiger partial charge in [0.2, 0.25) is 21.8 Å². The fourth-order valence-corrected chi connectivity index (χ4v) is 5.35. The third kappa shape index (κ3) is 8.82. The van der Waals surface area contributed by atoms with Crippen molar-refractivity contribution in [1.29, 1.82) is 0 Å². The molecule has 0 heterocycles. The second-order valence-corrected chi connectivity index (χ2v) is 12.0. The van der Waals surface area contributed by atoms with Crippen LogP contribution in [-0.2, 0) is 32.6 Å². The van der Waals surface area contributed by atoms with Crippen molar-refractivity contribution in [2.75, 3.05) is 23.7 Å². The second kappa shape index (κ2) is 14.7. The summed E-state index contributed by atoms with van der Waals surface area (Å²) in [4.78, 5) is 29.5. The third-order valence-electron chi connectivity index (χ3n) is 6.99. The number of hydrogen-bond donors (Lipinski definition) is 1. The van der Waals surface area contributed by atoms with Gasteiger partial charge in [-0.25, -0.2) is 8.42 Å². The zero-order valence-corrected chi connectivity index (χ0v) is 25.4. The Labute approximate surface area is 244 Å². The molecule has 2 atom stereocenters. The van der Waals surface area contributed by atoms with E-state index in [0.29, 0.717) is 12.4 Å². The van der Waals surface area contributed by atoms with Crippen molar-refractivity contribution in [2.24, 2.45) is 0 Å². The molecule has 0 radical (unpaired) electrons. The van der Waals surface area contributed by atoms with Crippen LogP contribution in [0.5, 0.6) is 5.75 Å². The van der Waals surface area contributed by atoms with Crippen LogP contribution in [0, 0.1) is 6.92 Å². The summed E-state index contributed by atoms with van der Waals surface area (Å²) in [5.74, 6) is -0.426. The van der Waals surface area contributed by atoms with Crippen molar-refractivity contribution in [3.05, 3.63) is 95.6 Å². The predicted molar refractivity (Wildman–Crippen MR) is 163 cm³/mol. The van der Waals surface area contributed by atoms with E-state index < -0.39 is 28.5 Å². The molecule has 3 aromatic carbocycles. The Morgan fingerprint density at radius 1 is 0.927 bits per heavy atom. The van der Waals surface area contributed by atoms with Crippen LogP contribution in [0.4, 0.5) is 5.69 Å². The minimum Gasteiger partial charge on any atom is -0.492 e. The smallest absolute Gasteiger partial charge is 0.244 e. The highest BCUT2D eigenvalue weighted by Crippen LogP contribution is 2.30. The van der Waals surface area contributed by atoms with Gasteiger partial charge in [-0.1, -0.05) is 73.7 Å². The van der Waals surface area contributed by atoms with E-state index in [0.717, 1.165) is 33.7 Å². The Hall–Kier alpha value is -3.85. The third-order valence-corrected chi connectivity index (χ3v) is 8.11. The van der Waals surface area contributed by atoms with Crippen LogP contribution in [0.2, 0.25) is 0 Å². The summed E-state index contributed by atoms with van der Waals surface area (Å²) in [5, 5.41) is 3.04. The van der Waals surface area contributed by atoms with Gasteiger partial charge in [0.05, 0.1) is 18.6 Å². The molecule has 2 amide bonds. The maximum Gasteiger partial charge on any atom is 0.244 e. The van der Waals surface area contributed by atoms with Crippen LogP contribution in [0.1, 0.15) is 43.9 Å². The molecule has 0 aromatic heterocycles. The van der Waals surface area contributed by atoms with Gasteiger partial charge in [-0.3, -0.25) is 13.9 Å². The lowest BCUT2D eigenvalue weighted by Crippen LogP contribution is -2.54. The van der Waals surface area contributed by atoms with Gasteiger partial charge < -0.3 is 15.0 Å². The first-order valence-electron chi connectivity index (χ1n) is 13.9. The SMILES string of the molecule is CCOc1ccccc1N(CC(=O)N(Cc1ccccc1C)[C@H](Cc1ccccc1)C(=O)N[C@H](C)CC)S(C)(=O)=O. The van der Waals surface area contributed by atoms with E-state index in [1.165, 1.54) is 4.90 Å². The summed E-state index contributed by atoms with van der Waals surface area (Å²) in [6.45, 7) is 7.63. The molecule has 0 saturated carbocycles. The van der Waals surface area contributed by atoms with E-state index in [1.54, 1.807) is 31.2 Å². The molecule has 41 heavy (non-hydrogen) atoms. The number of rotatable bonds is 14. The minimum absolute atomic E-state index is 0.0956. The van der Waals surface area contributed by atoms with E-state index in [1.807, 2.05) is 75.4 Å². The summed E-state index contributed by atoms with van der Waals surface area (Å²) in [6, 6.07) is 22.9. The Balaban J connectivity index is 2.09. The van der Waals surface area contributed by atoms with Gasteiger partial charge in [-0.2, -0.15) is 0 Å². The Kier molecular flexibility index (Phi) is 11.3. The van der Waals surface area contributed by atoms with Gasteiger partial charge >= 0.3 is 0 Å². The van der Waals surface area contributed by atoms with Gasteiger partial charge in [0, 0.05) is 19.0 Å². The number of amides is 2. The molecule has 3 rings (SSSR count). The average Bonchev–Trinajstić information content (AvgIpc) is 2.95. The Morgan fingerprint density at radius 3 is 2.20 bits per heavy atom. The van der Waals surface area contributed by atoms with Crippen LogP contribution in [0.25, 0.3) is 0 Å². The molecule has 220 valence electrons. The summed E-state index contributed by atoms with van der Waals surface area (Å²) in [6.07, 6.45) is 2.06. The van der Waals surface area contributed by atoms with E-state index in [-0.39, 0.29) is 30.6 Å². The van der Waals surface area contributed by atoms with Crippen molar-refractivity contribution in [3.63, 3.8) is 0 Å². The summed E-state index contributed by atoms with van der Waals surface area (Å²) < 4.78 is 32.9. The Bertz CT molecular complexity index is 1410. The fourth-order valence-electron chi connectivity index (χ4n) is 4.50. The average molecular weight is 580 g/mol. The molecule has 0 aliphatic rings.